The number of hydrogen-bond donors (Lipinski definition) is 3. The van der Waals surface area contributed by atoms with Gasteiger partial charge in [0.1, 0.15) is 12.4 Å². The lowest BCUT2D eigenvalue weighted by Crippen LogP contribution is -2.40. The van der Waals surface area contributed by atoms with E-state index in [0.29, 0.717) is 24.5 Å². The minimum Gasteiger partial charge on any atom is -0.492 e. The van der Waals surface area contributed by atoms with E-state index in [1.165, 1.54) is 11.3 Å². The third-order valence-electron chi connectivity index (χ3n) is 5.68. The van der Waals surface area contributed by atoms with Gasteiger partial charge in [-0.2, -0.15) is 0 Å². The highest BCUT2D eigenvalue weighted by Gasteiger charge is 2.29. The van der Waals surface area contributed by atoms with Gasteiger partial charge in [0.05, 0.1) is 14.8 Å². The Morgan fingerprint density at radius 3 is 2.51 bits per heavy atom. The van der Waals surface area contributed by atoms with Gasteiger partial charge < -0.3 is 20.1 Å². The van der Waals surface area contributed by atoms with E-state index in [-0.39, 0.29) is 16.9 Å². The van der Waals surface area contributed by atoms with Crippen LogP contribution in [0.1, 0.15) is 57.4 Å². The van der Waals surface area contributed by atoms with Crippen LogP contribution in [0, 0.1) is 0 Å². The lowest BCUT2D eigenvalue weighted by atomic mass is 9.86. The van der Waals surface area contributed by atoms with Crippen LogP contribution in [0.3, 0.4) is 0 Å². The molecule has 3 N–H and O–H groups in total. The van der Waals surface area contributed by atoms with Gasteiger partial charge in [-0.3, -0.25) is 0 Å². The number of likely N-dealkylation sites (N-methyl/N-ethyl adjacent to an activating group) is 1. The second-order valence-corrected chi connectivity index (χ2v) is 12.9. The smallest absolute Gasteiger partial charge is 0.404 e. The molecule has 1 aliphatic carbocycles. The molecule has 2 aromatic rings. The number of benzene rings is 1. The lowest BCUT2D eigenvalue weighted by Gasteiger charge is -2.27. The number of nitrogens with one attached hydrogen (secondary N) is 2. The first-order valence-corrected chi connectivity index (χ1v) is 14.0. The standard InChI is InChI=1S/C24H36N4O5S2/c1-24(2,3)27-35(31,32)21-14-18(33-13-12-28(4)5)10-11-19(21)20-15-25-22(34-20)16-6-8-17(9-7-16)26-23(29)30/h10-11,14-17,26-27H,6-9,12-13H2,1-5H3,(H,29,30)/t16-,17-. The summed E-state index contributed by atoms with van der Waals surface area (Å²) in [5.41, 5.74) is -0.0500. The molecule has 0 bridgehead atoms. The Morgan fingerprint density at radius 2 is 1.91 bits per heavy atom. The van der Waals surface area contributed by atoms with E-state index in [9.17, 15) is 13.2 Å². The molecule has 0 radical (unpaired) electrons. The van der Waals surface area contributed by atoms with Crippen molar-refractivity contribution in [3.05, 3.63) is 29.4 Å². The molecule has 0 atom stereocenters. The van der Waals surface area contributed by atoms with Gasteiger partial charge in [0.15, 0.2) is 0 Å². The summed E-state index contributed by atoms with van der Waals surface area (Å²) in [5, 5.41) is 12.5. The number of carboxylic acid groups (broad SMARTS) is 1. The maximum atomic E-state index is 13.4. The van der Waals surface area contributed by atoms with E-state index >= 15 is 0 Å². The number of sulfonamides is 1. The topological polar surface area (TPSA) is 121 Å². The first-order chi connectivity index (χ1) is 16.3. The monoisotopic (exact) mass is 524 g/mol. The number of amides is 1. The van der Waals surface area contributed by atoms with Gasteiger partial charge in [0.25, 0.3) is 0 Å². The number of nitrogens with zero attached hydrogens (tertiary/aromatic N) is 2. The number of carbonyl (C=O) groups is 1. The quantitative estimate of drug-likeness (QED) is 0.451. The van der Waals surface area contributed by atoms with Crippen LogP contribution in [0.25, 0.3) is 10.4 Å². The maximum absolute atomic E-state index is 13.4. The number of hydrogen-bond acceptors (Lipinski definition) is 7. The van der Waals surface area contributed by atoms with Gasteiger partial charge in [-0.1, -0.05) is 0 Å². The molecule has 1 saturated carbocycles. The number of rotatable bonds is 9. The first-order valence-electron chi connectivity index (χ1n) is 11.7. The minimum absolute atomic E-state index is 0.0246. The lowest BCUT2D eigenvalue weighted by molar-refractivity contribution is 0.185. The van der Waals surface area contributed by atoms with Gasteiger partial charge in [0, 0.05) is 41.9 Å². The van der Waals surface area contributed by atoms with Crippen LogP contribution < -0.4 is 14.8 Å². The van der Waals surface area contributed by atoms with E-state index in [0.717, 1.165) is 35.6 Å². The summed E-state index contributed by atoms with van der Waals surface area (Å²) in [6.45, 7) is 6.58. The van der Waals surface area contributed by atoms with E-state index in [1.807, 2.05) is 39.8 Å². The molecular weight excluding hydrogens is 488 g/mol. The van der Waals surface area contributed by atoms with Gasteiger partial charge in [-0.05, 0) is 72.7 Å². The Balaban J connectivity index is 1.87. The van der Waals surface area contributed by atoms with Crippen molar-refractivity contribution in [2.75, 3.05) is 27.2 Å². The largest absolute Gasteiger partial charge is 0.492 e. The maximum Gasteiger partial charge on any atom is 0.404 e. The predicted molar refractivity (Wildman–Crippen MR) is 138 cm³/mol. The highest BCUT2D eigenvalue weighted by atomic mass is 32.2. The third kappa shape index (κ3) is 7.89. The molecule has 1 amide bonds. The van der Waals surface area contributed by atoms with Crippen LogP contribution in [-0.2, 0) is 10.0 Å². The second kappa shape index (κ2) is 11.2. The predicted octanol–water partition coefficient (Wildman–Crippen LogP) is 4.12. The molecule has 1 aliphatic rings. The van der Waals surface area contributed by atoms with Gasteiger partial charge >= 0.3 is 6.09 Å². The molecule has 0 spiro atoms. The fourth-order valence-electron chi connectivity index (χ4n) is 4.08. The van der Waals surface area contributed by atoms with E-state index in [4.69, 9.17) is 9.84 Å². The zero-order valence-electron chi connectivity index (χ0n) is 21.0. The Kier molecular flexibility index (Phi) is 8.79. The van der Waals surface area contributed by atoms with E-state index in [2.05, 4.69) is 15.0 Å². The molecule has 11 heteroatoms. The molecule has 194 valence electrons. The van der Waals surface area contributed by atoms with Crippen molar-refractivity contribution < 1.29 is 23.1 Å². The zero-order chi connectivity index (χ0) is 25.8. The fourth-order valence-corrected chi connectivity index (χ4v) is 6.93. The van der Waals surface area contributed by atoms with Crippen molar-refractivity contribution >= 4 is 27.5 Å². The molecule has 0 unspecified atom stereocenters. The normalized spacial score (nSPS) is 19.0. The van der Waals surface area contributed by atoms with Gasteiger partial charge in [-0.15, -0.1) is 11.3 Å². The van der Waals surface area contributed by atoms with Crippen LogP contribution >= 0.6 is 11.3 Å². The van der Waals surface area contributed by atoms with Crippen LogP contribution in [0.4, 0.5) is 4.79 Å². The average Bonchev–Trinajstić information content (AvgIpc) is 3.22. The molecule has 9 nitrogen and oxygen atoms in total. The van der Waals surface area contributed by atoms with Gasteiger partial charge in [0.2, 0.25) is 10.0 Å². The number of thiazole rings is 1. The van der Waals surface area contributed by atoms with Crippen LogP contribution in [0.5, 0.6) is 5.75 Å². The minimum atomic E-state index is -3.82. The highest BCUT2D eigenvalue weighted by molar-refractivity contribution is 7.89. The molecule has 0 aliphatic heterocycles. The van der Waals surface area contributed by atoms with Crippen molar-refractivity contribution in [3.8, 4) is 16.2 Å². The summed E-state index contributed by atoms with van der Waals surface area (Å²) < 4.78 is 35.3. The third-order valence-corrected chi connectivity index (χ3v) is 8.67. The van der Waals surface area contributed by atoms with Crippen molar-refractivity contribution in [2.24, 2.45) is 0 Å². The van der Waals surface area contributed by atoms with Crippen LogP contribution in [0.2, 0.25) is 0 Å². The first kappa shape index (κ1) is 27.4. The summed E-state index contributed by atoms with van der Waals surface area (Å²) in [6.07, 6.45) is 3.96. The molecule has 0 saturated heterocycles. The average molecular weight is 525 g/mol. The Bertz CT molecular complexity index is 1120. The zero-order valence-corrected chi connectivity index (χ0v) is 22.6. The Hall–Kier alpha value is -2.21. The summed E-state index contributed by atoms with van der Waals surface area (Å²) in [4.78, 5) is 18.5. The molecular formula is C24H36N4O5S2. The van der Waals surface area contributed by atoms with Crippen LogP contribution in [-0.4, -0.2) is 68.3 Å². The summed E-state index contributed by atoms with van der Waals surface area (Å²) >= 11 is 1.50. The number of aromatic nitrogens is 1. The Morgan fingerprint density at radius 1 is 1.23 bits per heavy atom. The molecule has 1 fully saturated rings. The van der Waals surface area contributed by atoms with E-state index in [1.54, 1.807) is 24.4 Å². The summed E-state index contributed by atoms with van der Waals surface area (Å²) in [6, 6.07) is 5.14. The van der Waals surface area contributed by atoms with Crippen molar-refractivity contribution in [2.45, 2.75) is 68.8 Å². The SMILES string of the molecule is CN(C)CCOc1ccc(-c2cnc([C@H]3CC[C@H](NC(=O)O)CC3)s2)c(S(=O)(=O)NC(C)(C)C)c1. The van der Waals surface area contributed by atoms with Gasteiger partial charge in [-0.25, -0.2) is 22.9 Å². The Labute approximate surface area is 212 Å². The van der Waals surface area contributed by atoms with E-state index < -0.39 is 21.7 Å². The molecule has 1 aromatic carbocycles. The molecule has 35 heavy (non-hydrogen) atoms. The highest BCUT2D eigenvalue weighted by Crippen LogP contribution is 2.40. The van der Waals surface area contributed by atoms with Crippen LogP contribution in [0.15, 0.2) is 29.3 Å². The summed E-state index contributed by atoms with van der Waals surface area (Å²) in [5.74, 6) is 0.737. The molecule has 1 aromatic heterocycles. The molecule has 1 heterocycles. The molecule has 3 rings (SSSR count). The van der Waals surface area contributed by atoms with Crippen molar-refractivity contribution in [3.63, 3.8) is 0 Å². The van der Waals surface area contributed by atoms with Crippen molar-refractivity contribution in [1.82, 2.24) is 19.9 Å². The summed E-state index contributed by atoms with van der Waals surface area (Å²) in [7, 11) is 0.0805. The second-order valence-electron chi connectivity index (χ2n) is 10.2. The van der Waals surface area contributed by atoms with Crippen molar-refractivity contribution in [1.29, 1.82) is 0 Å². The number of ether oxygens (including phenoxy) is 1. The fraction of sp³-hybridized carbons (Fsp3) is 0.583.